The summed E-state index contributed by atoms with van der Waals surface area (Å²) in [7, 11) is 0. The Hall–Kier alpha value is -2.09. The van der Waals surface area contributed by atoms with Gasteiger partial charge in [-0.25, -0.2) is 9.59 Å². The van der Waals surface area contributed by atoms with Crippen LogP contribution in [0.4, 0.5) is 4.79 Å². The molecule has 1 saturated heterocycles. The Morgan fingerprint density at radius 2 is 2.25 bits per heavy atom. The van der Waals surface area contributed by atoms with Gasteiger partial charge in [-0.15, -0.1) is 0 Å². The molecule has 1 aliphatic heterocycles. The third-order valence-electron chi connectivity index (χ3n) is 3.22. The number of urea groups is 1. The van der Waals surface area contributed by atoms with Crippen molar-refractivity contribution in [1.29, 1.82) is 0 Å². The zero-order chi connectivity index (χ0) is 14.5. The predicted molar refractivity (Wildman–Crippen MR) is 69.0 cm³/mol. The Labute approximate surface area is 116 Å². The molecule has 1 aromatic heterocycles. The standard InChI is InChI=1S/C12H18N4O4/c17-9-7-10(11(18)19)16(8-9)12(20)13-3-1-5-15-6-2-4-14-15/h2,4,6,9-10,17H,1,3,5,7-8H2,(H,13,20)(H,18,19). The van der Waals surface area contributed by atoms with Gasteiger partial charge in [0, 0.05) is 38.4 Å². The molecule has 8 nitrogen and oxygen atoms in total. The van der Waals surface area contributed by atoms with Gasteiger partial charge >= 0.3 is 12.0 Å². The molecule has 0 spiro atoms. The van der Waals surface area contributed by atoms with E-state index in [2.05, 4.69) is 10.4 Å². The van der Waals surface area contributed by atoms with Crippen molar-refractivity contribution in [3.8, 4) is 0 Å². The zero-order valence-corrected chi connectivity index (χ0v) is 11.0. The predicted octanol–water partition coefficient (Wildman–Crippen LogP) is -0.497. The second kappa shape index (κ2) is 6.38. The highest BCUT2D eigenvalue weighted by Gasteiger charge is 2.38. The van der Waals surface area contributed by atoms with E-state index in [1.54, 1.807) is 10.9 Å². The first-order valence-electron chi connectivity index (χ1n) is 6.50. The van der Waals surface area contributed by atoms with Crippen molar-refractivity contribution >= 4 is 12.0 Å². The van der Waals surface area contributed by atoms with Crippen molar-refractivity contribution in [2.45, 2.75) is 31.5 Å². The monoisotopic (exact) mass is 282 g/mol. The van der Waals surface area contributed by atoms with Crippen molar-refractivity contribution in [2.75, 3.05) is 13.1 Å². The van der Waals surface area contributed by atoms with Crippen molar-refractivity contribution in [1.82, 2.24) is 20.0 Å². The summed E-state index contributed by atoms with van der Waals surface area (Å²) in [6, 6.07) is 0.423. The number of carbonyl (C=O) groups is 2. The number of nitrogens with zero attached hydrogens (tertiary/aromatic N) is 3. The fourth-order valence-electron chi connectivity index (χ4n) is 2.24. The minimum atomic E-state index is -1.09. The summed E-state index contributed by atoms with van der Waals surface area (Å²) < 4.78 is 1.76. The van der Waals surface area contributed by atoms with Crippen LogP contribution in [0.3, 0.4) is 0 Å². The number of likely N-dealkylation sites (tertiary alicyclic amines) is 1. The lowest BCUT2D eigenvalue weighted by Gasteiger charge is -2.21. The lowest BCUT2D eigenvalue weighted by atomic mass is 10.2. The van der Waals surface area contributed by atoms with Gasteiger partial charge in [0.2, 0.25) is 0 Å². The molecule has 2 unspecified atom stereocenters. The molecule has 0 aliphatic carbocycles. The number of amides is 2. The molecule has 0 aromatic carbocycles. The maximum atomic E-state index is 11.9. The van der Waals surface area contributed by atoms with E-state index in [0.29, 0.717) is 19.5 Å². The van der Waals surface area contributed by atoms with Crippen LogP contribution >= 0.6 is 0 Å². The quantitative estimate of drug-likeness (QED) is 0.631. The molecule has 0 radical (unpaired) electrons. The molecule has 2 heterocycles. The lowest BCUT2D eigenvalue weighted by Crippen LogP contribution is -2.46. The molecular weight excluding hydrogens is 264 g/mol. The van der Waals surface area contributed by atoms with Crippen LogP contribution in [0.2, 0.25) is 0 Å². The largest absolute Gasteiger partial charge is 0.480 e. The molecule has 110 valence electrons. The number of carboxylic acids is 1. The van der Waals surface area contributed by atoms with Gasteiger partial charge in [0.1, 0.15) is 6.04 Å². The van der Waals surface area contributed by atoms with E-state index in [1.807, 2.05) is 12.3 Å². The van der Waals surface area contributed by atoms with Crippen molar-refractivity contribution in [2.24, 2.45) is 0 Å². The summed E-state index contributed by atoms with van der Waals surface area (Å²) >= 11 is 0. The van der Waals surface area contributed by atoms with E-state index >= 15 is 0 Å². The van der Waals surface area contributed by atoms with Crippen molar-refractivity contribution in [3.63, 3.8) is 0 Å². The molecule has 20 heavy (non-hydrogen) atoms. The number of aliphatic hydroxyl groups is 1. The van der Waals surface area contributed by atoms with Crippen LogP contribution in [0.15, 0.2) is 18.5 Å². The molecule has 8 heteroatoms. The summed E-state index contributed by atoms with van der Waals surface area (Å²) in [6.07, 6.45) is 3.52. The van der Waals surface area contributed by atoms with E-state index in [0.717, 1.165) is 0 Å². The number of aliphatic carboxylic acids is 1. The maximum Gasteiger partial charge on any atom is 0.326 e. The van der Waals surface area contributed by atoms with Gasteiger partial charge in [-0.3, -0.25) is 4.68 Å². The second-order valence-electron chi connectivity index (χ2n) is 4.75. The fraction of sp³-hybridized carbons (Fsp3) is 0.583. The topological polar surface area (TPSA) is 108 Å². The van der Waals surface area contributed by atoms with Crippen LogP contribution in [-0.4, -0.2) is 62.1 Å². The van der Waals surface area contributed by atoms with Crippen LogP contribution in [0, 0.1) is 0 Å². The van der Waals surface area contributed by atoms with Gasteiger partial charge in [-0.05, 0) is 12.5 Å². The Balaban J connectivity index is 1.75. The minimum absolute atomic E-state index is 0.0575. The van der Waals surface area contributed by atoms with Crippen molar-refractivity contribution in [3.05, 3.63) is 18.5 Å². The lowest BCUT2D eigenvalue weighted by molar-refractivity contribution is -0.141. The number of rotatable bonds is 5. The Bertz CT molecular complexity index is 462. The van der Waals surface area contributed by atoms with Crippen LogP contribution in [0.25, 0.3) is 0 Å². The number of aromatic nitrogens is 2. The number of β-amino-alcohol motifs (C(OH)–C–C–N with tert-alkyl or cyclic N) is 1. The highest BCUT2D eigenvalue weighted by molar-refractivity contribution is 5.83. The number of aryl methyl sites for hydroxylation is 1. The summed E-state index contributed by atoms with van der Waals surface area (Å²) in [4.78, 5) is 24.1. The number of nitrogens with one attached hydrogen (secondary N) is 1. The first-order valence-corrected chi connectivity index (χ1v) is 6.50. The smallest absolute Gasteiger partial charge is 0.326 e. The van der Waals surface area contributed by atoms with E-state index in [4.69, 9.17) is 5.11 Å². The van der Waals surface area contributed by atoms with Gasteiger partial charge in [0.05, 0.1) is 6.10 Å². The van der Waals surface area contributed by atoms with Gasteiger partial charge in [-0.2, -0.15) is 5.10 Å². The third kappa shape index (κ3) is 3.47. The normalized spacial score (nSPS) is 21.9. The van der Waals surface area contributed by atoms with E-state index in [9.17, 15) is 14.7 Å². The van der Waals surface area contributed by atoms with E-state index in [1.165, 1.54) is 4.90 Å². The van der Waals surface area contributed by atoms with Crippen LogP contribution < -0.4 is 5.32 Å². The molecule has 0 bridgehead atoms. The number of aliphatic hydroxyl groups excluding tert-OH is 1. The average molecular weight is 282 g/mol. The van der Waals surface area contributed by atoms with Crippen LogP contribution in [0.5, 0.6) is 0 Å². The first-order chi connectivity index (χ1) is 9.58. The summed E-state index contributed by atoms with van der Waals surface area (Å²) in [5.74, 6) is -1.09. The molecule has 0 saturated carbocycles. The molecule has 3 N–H and O–H groups in total. The molecule has 2 atom stereocenters. The molecular formula is C12H18N4O4. The van der Waals surface area contributed by atoms with Gasteiger partial charge in [-0.1, -0.05) is 0 Å². The Kier molecular flexibility index (Phi) is 4.57. The zero-order valence-electron chi connectivity index (χ0n) is 11.0. The molecule has 1 aromatic rings. The first kappa shape index (κ1) is 14.3. The Morgan fingerprint density at radius 3 is 2.90 bits per heavy atom. The number of carbonyl (C=O) groups excluding carboxylic acids is 1. The molecule has 1 aliphatic rings. The highest BCUT2D eigenvalue weighted by atomic mass is 16.4. The second-order valence-corrected chi connectivity index (χ2v) is 4.75. The molecule has 1 fully saturated rings. The summed E-state index contributed by atoms with van der Waals surface area (Å²) in [6.45, 7) is 1.16. The van der Waals surface area contributed by atoms with E-state index in [-0.39, 0.29) is 13.0 Å². The van der Waals surface area contributed by atoms with Crippen LogP contribution in [0.1, 0.15) is 12.8 Å². The SMILES string of the molecule is O=C(O)C1CC(O)CN1C(=O)NCCCn1cccn1. The highest BCUT2D eigenvalue weighted by Crippen LogP contribution is 2.17. The molecule has 2 amide bonds. The summed E-state index contributed by atoms with van der Waals surface area (Å²) in [5.41, 5.74) is 0. The fourth-order valence-corrected chi connectivity index (χ4v) is 2.24. The third-order valence-corrected chi connectivity index (χ3v) is 3.22. The maximum absolute atomic E-state index is 11.9. The Morgan fingerprint density at radius 1 is 1.45 bits per heavy atom. The number of hydrogen-bond acceptors (Lipinski definition) is 4. The van der Waals surface area contributed by atoms with E-state index < -0.39 is 24.1 Å². The van der Waals surface area contributed by atoms with Gasteiger partial charge < -0.3 is 20.4 Å². The van der Waals surface area contributed by atoms with Crippen molar-refractivity contribution < 1.29 is 19.8 Å². The van der Waals surface area contributed by atoms with Crippen LogP contribution in [-0.2, 0) is 11.3 Å². The van der Waals surface area contributed by atoms with Gasteiger partial charge in [0.25, 0.3) is 0 Å². The number of hydrogen-bond donors (Lipinski definition) is 3. The average Bonchev–Trinajstić information content (AvgIpc) is 3.03. The molecule has 2 rings (SSSR count). The summed E-state index contributed by atoms with van der Waals surface area (Å²) in [5, 5.41) is 25.2. The number of carboxylic acid groups (broad SMARTS) is 1. The minimum Gasteiger partial charge on any atom is -0.480 e. The van der Waals surface area contributed by atoms with Gasteiger partial charge in [0.15, 0.2) is 0 Å².